The fourth-order valence-corrected chi connectivity index (χ4v) is 1.64. The van der Waals surface area contributed by atoms with Gasteiger partial charge in [0.1, 0.15) is 0 Å². The molecule has 0 saturated heterocycles. The van der Waals surface area contributed by atoms with Crippen molar-refractivity contribution < 1.29 is 19.4 Å². The van der Waals surface area contributed by atoms with E-state index in [0.29, 0.717) is 30.1 Å². The van der Waals surface area contributed by atoms with Crippen LogP contribution in [-0.2, 0) is 11.4 Å². The highest BCUT2D eigenvalue weighted by Gasteiger charge is 2.13. The topological polar surface area (TPSA) is 55.8 Å². The maximum absolute atomic E-state index is 11.1. The van der Waals surface area contributed by atoms with E-state index in [0.717, 1.165) is 12.0 Å². The van der Waals surface area contributed by atoms with E-state index >= 15 is 0 Å². The van der Waals surface area contributed by atoms with E-state index < -0.39 is 5.97 Å². The Labute approximate surface area is 113 Å². The van der Waals surface area contributed by atoms with Crippen molar-refractivity contribution in [1.82, 2.24) is 0 Å². The average Bonchev–Trinajstić information content (AvgIpc) is 2.37. The predicted molar refractivity (Wildman–Crippen MR) is 72.0 cm³/mol. The highest BCUT2D eigenvalue weighted by atomic mass is 16.6. The largest absolute Gasteiger partial charge is 0.490 e. The Bertz CT molecular complexity index is 486. The van der Waals surface area contributed by atoms with Crippen LogP contribution in [0.25, 0.3) is 0 Å². The van der Waals surface area contributed by atoms with Gasteiger partial charge in [0.25, 0.3) is 0 Å². The van der Waals surface area contributed by atoms with Gasteiger partial charge >= 0.3 is 5.97 Å². The molecule has 0 aliphatic rings. The first-order valence-electron chi connectivity index (χ1n) is 6.07. The Morgan fingerprint density at radius 1 is 1.47 bits per heavy atom. The summed E-state index contributed by atoms with van der Waals surface area (Å²) in [6, 6.07) is 3.42. The smallest absolute Gasteiger partial charge is 0.308 e. The molecule has 0 fully saturated rings. The zero-order valence-corrected chi connectivity index (χ0v) is 11.2. The normalized spacial score (nSPS) is 9.79. The van der Waals surface area contributed by atoms with Gasteiger partial charge in [-0.15, -0.1) is 12.3 Å². The summed E-state index contributed by atoms with van der Waals surface area (Å²) in [6.07, 6.45) is 6.51. The van der Waals surface area contributed by atoms with Gasteiger partial charge in [0.05, 0.1) is 13.2 Å². The van der Waals surface area contributed by atoms with Crippen molar-refractivity contribution >= 4 is 5.97 Å². The van der Waals surface area contributed by atoms with Crippen LogP contribution in [0.3, 0.4) is 0 Å². The molecule has 0 aliphatic carbocycles. The number of benzene rings is 1. The highest BCUT2D eigenvalue weighted by Crippen LogP contribution is 2.33. The Morgan fingerprint density at radius 2 is 2.21 bits per heavy atom. The zero-order chi connectivity index (χ0) is 14.3. The molecule has 0 amide bonds. The molecular formula is C15H18O4. The third-order valence-electron chi connectivity index (χ3n) is 2.45. The summed E-state index contributed by atoms with van der Waals surface area (Å²) >= 11 is 0. The molecule has 0 radical (unpaired) electrons. The third kappa shape index (κ3) is 4.65. The molecule has 0 aromatic heterocycles. The molecule has 1 N–H and O–H groups in total. The lowest BCUT2D eigenvalue weighted by Gasteiger charge is -2.14. The number of aryl methyl sites for hydroxylation is 1. The molecular weight excluding hydrogens is 244 g/mol. The van der Waals surface area contributed by atoms with Gasteiger partial charge in [-0.25, -0.2) is 0 Å². The summed E-state index contributed by atoms with van der Waals surface area (Å²) in [5.74, 6) is 2.97. The molecule has 0 unspecified atom stereocenters. The lowest BCUT2D eigenvalue weighted by molar-refractivity contribution is -0.132. The molecule has 1 aromatic carbocycles. The molecule has 0 bridgehead atoms. The second-order valence-electron chi connectivity index (χ2n) is 4.15. The van der Waals surface area contributed by atoms with E-state index in [1.165, 1.54) is 6.92 Å². The molecule has 4 nitrogen and oxygen atoms in total. The number of hydrogen-bond donors (Lipinski definition) is 1. The monoisotopic (exact) mass is 262 g/mol. The van der Waals surface area contributed by atoms with E-state index in [2.05, 4.69) is 5.92 Å². The minimum Gasteiger partial charge on any atom is -0.490 e. The van der Waals surface area contributed by atoms with E-state index in [4.69, 9.17) is 15.9 Å². The molecule has 19 heavy (non-hydrogen) atoms. The minimum absolute atomic E-state index is 0.0953. The van der Waals surface area contributed by atoms with Crippen LogP contribution < -0.4 is 9.47 Å². The number of aliphatic hydroxyl groups excluding tert-OH is 1. The number of hydrogen-bond acceptors (Lipinski definition) is 4. The van der Waals surface area contributed by atoms with Crippen LogP contribution in [0.4, 0.5) is 0 Å². The summed E-state index contributed by atoms with van der Waals surface area (Å²) < 4.78 is 10.7. The van der Waals surface area contributed by atoms with Crippen LogP contribution >= 0.6 is 0 Å². The van der Waals surface area contributed by atoms with Crippen molar-refractivity contribution in [2.45, 2.75) is 33.3 Å². The second kappa shape index (κ2) is 7.45. The van der Waals surface area contributed by atoms with Crippen LogP contribution in [0.15, 0.2) is 12.1 Å². The van der Waals surface area contributed by atoms with Crippen molar-refractivity contribution in [3.8, 4) is 23.8 Å². The van der Waals surface area contributed by atoms with E-state index in [9.17, 15) is 9.90 Å². The lowest BCUT2D eigenvalue weighted by Crippen LogP contribution is -2.07. The number of esters is 1. The minimum atomic E-state index is -0.409. The number of aliphatic hydroxyl groups is 1. The van der Waals surface area contributed by atoms with Gasteiger partial charge in [-0.3, -0.25) is 4.79 Å². The molecule has 1 aromatic rings. The van der Waals surface area contributed by atoms with Gasteiger partial charge in [0, 0.05) is 13.3 Å². The van der Waals surface area contributed by atoms with Crippen molar-refractivity contribution in [2.24, 2.45) is 0 Å². The zero-order valence-electron chi connectivity index (χ0n) is 11.2. The number of terminal acetylenes is 1. The van der Waals surface area contributed by atoms with Crippen LogP contribution in [0.2, 0.25) is 0 Å². The quantitative estimate of drug-likeness (QED) is 0.369. The van der Waals surface area contributed by atoms with Gasteiger partial charge in [0.2, 0.25) is 0 Å². The summed E-state index contributed by atoms with van der Waals surface area (Å²) in [6.45, 7) is 3.47. The van der Waals surface area contributed by atoms with Crippen molar-refractivity contribution in [3.63, 3.8) is 0 Å². The molecule has 0 saturated carbocycles. The summed E-state index contributed by atoms with van der Waals surface area (Å²) in [4.78, 5) is 11.1. The van der Waals surface area contributed by atoms with E-state index in [-0.39, 0.29) is 6.61 Å². The Hall–Kier alpha value is -1.99. The number of ether oxygens (including phenoxy) is 2. The molecule has 0 atom stereocenters. The van der Waals surface area contributed by atoms with Gasteiger partial charge in [-0.2, -0.15) is 0 Å². The van der Waals surface area contributed by atoms with Crippen molar-refractivity contribution in [1.29, 1.82) is 0 Å². The number of unbranched alkanes of at least 4 members (excludes halogenated alkanes) is 1. The first-order chi connectivity index (χ1) is 9.08. The van der Waals surface area contributed by atoms with Crippen LogP contribution in [-0.4, -0.2) is 17.7 Å². The van der Waals surface area contributed by atoms with Crippen LogP contribution in [0.1, 0.15) is 30.9 Å². The van der Waals surface area contributed by atoms with Crippen LogP contribution in [0.5, 0.6) is 11.5 Å². The fourth-order valence-electron chi connectivity index (χ4n) is 1.64. The summed E-state index contributed by atoms with van der Waals surface area (Å²) in [7, 11) is 0. The number of rotatable bonds is 6. The Kier molecular flexibility index (Phi) is 5.91. The standard InChI is InChI=1S/C15H18O4/c1-4-5-6-7-18-14-9-13(10-16)8-11(2)15(14)19-12(3)17/h1,8-9,16H,5-7,10H2,2-3H3. The van der Waals surface area contributed by atoms with Gasteiger partial charge in [-0.05, 0) is 36.6 Å². The van der Waals surface area contributed by atoms with E-state index in [1.807, 2.05) is 0 Å². The van der Waals surface area contributed by atoms with Gasteiger partial charge in [0.15, 0.2) is 11.5 Å². The molecule has 102 valence electrons. The van der Waals surface area contributed by atoms with Crippen molar-refractivity contribution in [2.75, 3.05) is 6.61 Å². The highest BCUT2D eigenvalue weighted by molar-refractivity contribution is 5.71. The number of carbonyl (C=O) groups is 1. The second-order valence-corrected chi connectivity index (χ2v) is 4.15. The molecule has 0 aliphatic heterocycles. The van der Waals surface area contributed by atoms with Crippen LogP contribution in [0, 0.1) is 19.3 Å². The lowest BCUT2D eigenvalue weighted by atomic mass is 10.1. The molecule has 0 spiro atoms. The SMILES string of the molecule is C#CCCCOc1cc(CO)cc(C)c1OC(C)=O. The number of carbonyl (C=O) groups excluding carboxylic acids is 1. The first-order valence-corrected chi connectivity index (χ1v) is 6.07. The third-order valence-corrected chi connectivity index (χ3v) is 2.45. The molecule has 4 heteroatoms. The van der Waals surface area contributed by atoms with E-state index in [1.54, 1.807) is 19.1 Å². The fraction of sp³-hybridized carbons (Fsp3) is 0.400. The Balaban J connectivity index is 2.93. The Morgan fingerprint density at radius 3 is 2.79 bits per heavy atom. The van der Waals surface area contributed by atoms with Crippen molar-refractivity contribution in [3.05, 3.63) is 23.3 Å². The molecule has 0 heterocycles. The molecule has 1 rings (SSSR count). The maximum Gasteiger partial charge on any atom is 0.308 e. The van der Waals surface area contributed by atoms with Gasteiger partial charge < -0.3 is 14.6 Å². The van der Waals surface area contributed by atoms with Gasteiger partial charge in [-0.1, -0.05) is 0 Å². The average molecular weight is 262 g/mol. The summed E-state index contributed by atoms with van der Waals surface area (Å²) in [5, 5.41) is 9.18. The first kappa shape index (κ1) is 15.1. The maximum atomic E-state index is 11.1. The summed E-state index contributed by atoms with van der Waals surface area (Å²) in [5.41, 5.74) is 1.45. The predicted octanol–water partition coefficient (Wildman–Crippen LogP) is 2.20.